The molecule has 1 fully saturated rings. The highest BCUT2D eigenvalue weighted by Crippen LogP contribution is 2.52. The second-order valence-electron chi connectivity index (χ2n) is 21.5. The number of hydrogen-bond acceptors (Lipinski definition) is 23. The van der Waals surface area contributed by atoms with E-state index in [1.54, 1.807) is 0 Å². The third-order valence-corrected chi connectivity index (χ3v) is 15.1. The van der Waals surface area contributed by atoms with E-state index in [0.29, 0.717) is 5.56 Å². The fraction of sp³-hybridized carbons (Fsp3) is 0.458. The van der Waals surface area contributed by atoms with Gasteiger partial charge in [0.25, 0.3) is 11.8 Å². The lowest BCUT2D eigenvalue weighted by molar-refractivity contribution is -0.249. The van der Waals surface area contributed by atoms with E-state index < -0.39 is 168 Å². The van der Waals surface area contributed by atoms with Gasteiger partial charge in [0.05, 0.1) is 74.9 Å². The lowest BCUT2D eigenvalue weighted by atomic mass is 9.72. The van der Waals surface area contributed by atoms with Gasteiger partial charge in [-0.25, -0.2) is 4.79 Å². The van der Waals surface area contributed by atoms with Crippen molar-refractivity contribution in [3.63, 3.8) is 0 Å². The van der Waals surface area contributed by atoms with Gasteiger partial charge < -0.3 is 91.6 Å². The molecule has 0 radical (unpaired) electrons. The number of carbonyl (C=O) groups excluding carboxylic acids is 12. The number of carbonyl (C=O) groups is 12. The van der Waals surface area contributed by atoms with Crippen molar-refractivity contribution < 1.29 is 111 Å². The number of methoxy groups -OCH3 is 1. The Hall–Kier alpha value is -9.24. The van der Waals surface area contributed by atoms with Crippen molar-refractivity contribution in [2.45, 2.75) is 120 Å². The minimum atomic E-state index is -2.44. The lowest BCUT2D eigenvalue weighted by Crippen LogP contribution is -2.56. The van der Waals surface area contributed by atoms with Crippen LogP contribution in [0, 0.1) is 0 Å². The summed E-state index contributed by atoms with van der Waals surface area (Å²) in [6, 6.07) is 4.92. The first-order chi connectivity index (χ1) is 42.7. The number of aliphatic hydroxyl groups excluding tert-OH is 2. The Bertz CT molecular complexity index is 3320. The van der Waals surface area contributed by atoms with Gasteiger partial charge >= 0.3 is 6.09 Å². The number of aliphatic hydroxyl groups is 3. The molecule has 0 spiro atoms. The van der Waals surface area contributed by atoms with E-state index in [0.717, 1.165) is 17.1 Å². The predicted molar refractivity (Wildman–Crippen MR) is 307 cm³/mol. The van der Waals surface area contributed by atoms with Gasteiger partial charge in [-0.2, -0.15) is 0 Å². The van der Waals surface area contributed by atoms with Crippen LogP contribution in [0.4, 0.5) is 10.5 Å². The van der Waals surface area contributed by atoms with E-state index in [1.165, 1.54) is 70.3 Å². The fourth-order valence-corrected chi connectivity index (χ4v) is 10.3. The van der Waals surface area contributed by atoms with Gasteiger partial charge in [0.15, 0.2) is 17.9 Å². The first-order valence-corrected chi connectivity index (χ1v) is 28.4. The number of amides is 9. The molecular formula is C59H70N8O23. The molecule has 2 aliphatic carbocycles. The van der Waals surface area contributed by atoms with E-state index in [1.807, 2.05) is 0 Å². The van der Waals surface area contributed by atoms with Gasteiger partial charge in [-0.3, -0.25) is 57.6 Å². The molecule has 90 heavy (non-hydrogen) atoms. The smallest absolute Gasteiger partial charge is 0.407 e. The molecule has 4 aliphatic rings. The molecule has 9 amide bonds. The molecule has 13 N–H and O–H groups in total. The molecule has 0 saturated carbocycles. The quantitative estimate of drug-likeness (QED) is 0.0161. The fourth-order valence-electron chi connectivity index (χ4n) is 10.3. The summed E-state index contributed by atoms with van der Waals surface area (Å²) in [5.74, 6) is -9.79. The first kappa shape index (κ1) is 68.3. The molecule has 0 bridgehead atoms. The van der Waals surface area contributed by atoms with E-state index in [4.69, 9.17) is 34.2 Å². The molecule has 1 saturated heterocycles. The van der Waals surface area contributed by atoms with Crippen molar-refractivity contribution in [3.05, 3.63) is 93.6 Å². The highest BCUT2D eigenvalue weighted by Gasteiger charge is 2.50. The molecule has 9 atom stereocenters. The van der Waals surface area contributed by atoms with Crippen LogP contribution in [0.3, 0.4) is 0 Å². The Morgan fingerprint density at radius 2 is 1.46 bits per heavy atom. The number of hydrogen-bond donors (Lipinski definition) is 12. The first-order valence-electron chi connectivity index (χ1n) is 28.4. The molecular weight excluding hydrogens is 1190 g/mol. The van der Waals surface area contributed by atoms with Gasteiger partial charge in [-0.15, -0.1) is 0 Å². The molecule has 0 aromatic heterocycles. The van der Waals surface area contributed by atoms with Crippen LogP contribution in [-0.4, -0.2) is 203 Å². The number of alkyl carbamates (subject to hydrolysis) is 1. The molecule has 31 nitrogen and oxygen atoms in total. The maximum Gasteiger partial charge on any atom is 0.407 e. The number of anilines is 1. The Morgan fingerprint density at radius 3 is 2.12 bits per heavy atom. The molecule has 0 unspecified atom stereocenters. The van der Waals surface area contributed by atoms with Gasteiger partial charge in [0.2, 0.25) is 41.2 Å². The van der Waals surface area contributed by atoms with E-state index in [2.05, 4.69) is 31.9 Å². The number of primary amides is 1. The molecule has 2 heterocycles. The maximum absolute atomic E-state index is 14.1. The molecule has 3 aromatic rings. The number of ketones is 3. The maximum atomic E-state index is 14.1. The summed E-state index contributed by atoms with van der Waals surface area (Å²) in [5, 5.41) is 71.1. The summed E-state index contributed by atoms with van der Waals surface area (Å²) in [6.07, 6.45) is -6.69. The third kappa shape index (κ3) is 16.5. The average Bonchev–Trinajstić information content (AvgIpc) is 0.773. The molecule has 7 rings (SSSR count). The van der Waals surface area contributed by atoms with Crippen LogP contribution in [0.25, 0.3) is 0 Å². The summed E-state index contributed by atoms with van der Waals surface area (Å²) in [5.41, 5.74) is 1.41. The zero-order valence-electron chi connectivity index (χ0n) is 49.3. The standard InChI is InChI=1S/C59H70N8O23/c1-28(62-42(72)15-18-86-20-21-87-19-16-61-41(71)14-17-67-43(73)12-13-44(67)74)55(80)63-29(2)56(81)65-36(22-40(60)70)57(82)64-32-10-8-31(9-11-32)27-88-58(83)66-35-23-45(89-30(3)50(35)75)90-38-25-59(84,39(69)26-68)24-34-47(38)54(79)49-48(52(34)77)51(76)33-6-5-7-37(85-4)46(33)53(49)78/h5-13,28-30,35-36,38,45,50,68,75,77,79,84H,14-27H2,1-4H3,(H2,60,70)(H,61,71)(H,62,72)(H,63,80)(H,64,82)(H,65,81)(H,66,83)/t28-,29-,30+,35+,36-,38+,45+,50-,59+/m1/s1. The van der Waals surface area contributed by atoms with Crippen LogP contribution in [0.2, 0.25) is 0 Å². The summed E-state index contributed by atoms with van der Waals surface area (Å²) in [6.45, 7) is 3.12. The molecule has 31 heteroatoms. The average molecular weight is 1260 g/mol. The van der Waals surface area contributed by atoms with Crippen molar-refractivity contribution in [2.24, 2.45) is 5.73 Å². The minimum absolute atomic E-state index is 0.00782. The topological polar surface area (TPSA) is 463 Å². The summed E-state index contributed by atoms with van der Waals surface area (Å²) < 4.78 is 33.6. The van der Waals surface area contributed by atoms with Crippen LogP contribution < -0.4 is 42.4 Å². The zero-order chi connectivity index (χ0) is 65.7. The molecule has 3 aromatic carbocycles. The number of ether oxygens (including phenoxy) is 6. The molecule has 484 valence electrons. The van der Waals surface area contributed by atoms with Crippen LogP contribution >= 0.6 is 0 Å². The Balaban J connectivity index is 0.846. The van der Waals surface area contributed by atoms with E-state index in [-0.39, 0.29) is 105 Å². The van der Waals surface area contributed by atoms with Crippen molar-refractivity contribution in [2.75, 3.05) is 58.6 Å². The summed E-state index contributed by atoms with van der Waals surface area (Å²) in [7, 11) is 1.27. The second-order valence-corrected chi connectivity index (χ2v) is 21.5. The monoisotopic (exact) mass is 1260 g/mol. The van der Waals surface area contributed by atoms with Crippen LogP contribution in [0.15, 0.2) is 54.6 Å². The Labute approximate surface area is 513 Å². The van der Waals surface area contributed by atoms with Gasteiger partial charge in [0.1, 0.15) is 60.3 Å². The highest BCUT2D eigenvalue weighted by atomic mass is 16.7. The lowest BCUT2D eigenvalue weighted by Gasteiger charge is -2.42. The zero-order valence-corrected chi connectivity index (χ0v) is 49.3. The van der Waals surface area contributed by atoms with Crippen molar-refractivity contribution >= 4 is 76.4 Å². The van der Waals surface area contributed by atoms with Crippen molar-refractivity contribution in [1.29, 1.82) is 0 Å². The number of nitrogens with two attached hydrogens (primary N) is 1. The number of rotatable bonds is 29. The number of nitrogens with zero attached hydrogens (tertiary/aromatic N) is 1. The minimum Gasteiger partial charge on any atom is -0.507 e. The van der Waals surface area contributed by atoms with E-state index >= 15 is 0 Å². The van der Waals surface area contributed by atoms with Crippen LogP contribution in [-0.2, 0) is 79.9 Å². The number of phenols is 2. The molecule has 2 aliphatic heterocycles. The summed E-state index contributed by atoms with van der Waals surface area (Å²) in [4.78, 5) is 154. The number of phenolic OH excluding ortho intramolecular Hbond substituents is 2. The number of imide groups is 1. The van der Waals surface area contributed by atoms with Crippen molar-refractivity contribution in [1.82, 2.24) is 31.5 Å². The number of Topliss-reactive ketones (excluding diaryl/α,β-unsaturated/α-hetero) is 1. The predicted octanol–water partition coefficient (Wildman–Crippen LogP) is -1.87. The number of fused-ring (bicyclic) bond motifs is 3. The number of aromatic hydroxyl groups is 2. The third-order valence-electron chi connectivity index (χ3n) is 15.1. The van der Waals surface area contributed by atoms with Crippen LogP contribution in [0.1, 0.15) is 108 Å². The number of benzene rings is 3. The van der Waals surface area contributed by atoms with Crippen LogP contribution in [0.5, 0.6) is 17.2 Å². The van der Waals surface area contributed by atoms with Crippen molar-refractivity contribution in [3.8, 4) is 17.2 Å². The van der Waals surface area contributed by atoms with Gasteiger partial charge in [0, 0.05) is 79.7 Å². The summed E-state index contributed by atoms with van der Waals surface area (Å²) >= 11 is 0. The normalized spacial score (nSPS) is 20.9. The van der Waals surface area contributed by atoms with Gasteiger partial charge in [-0.1, -0.05) is 24.3 Å². The largest absolute Gasteiger partial charge is 0.507 e. The van der Waals surface area contributed by atoms with Gasteiger partial charge in [-0.05, 0) is 44.5 Å². The Kier molecular flexibility index (Phi) is 23.0. The highest BCUT2D eigenvalue weighted by molar-refractivity contribution is 6.31. The Morgan fingerprint density at radius 1 is 0.800 bits per heavy atom. The number of nitrogens with one attached hydrogen (secondary N) is 6. The SMILES string of the molecule is COc1cccc2c1C(=O)c1c(O)c3c(c(O)c1C2=O)C[C@@](O)(C(=O)CO)C[C@@H]3O[C@H]1C[C@H](NC(=O)OCc2ccc(NC(=O)[C@@H](CC(N)=O)NC(=O)[C@@H](C)NC(=O)[C@@H](C)NC(=O)CCOCCOCCNC(=O)CCN3C(=O)C=CC3=O)cc2)[C@H](O)[C@H](C)O1. The van der Waals surface area contributed by atoms with E-state index in [9.17, 15) is 83.1 Å². The second kappa shape index (κ2) is 30.3.